The Morgan fingerprint density at radius 2 is 2.05 bits per heavy atom. The van der Waals surface area contributed by atoms with Gasteiger partial charge in [0.25, 0.3) is 5.91 Å². The molecular weight excluding hydrogens is 288 g/mol. The van der Waals surface area contributed by atoms with Crippen molar-refractivity contribution in [2.45, 2.75) is 52.2 Å². The standard InChI is InChI=1S/C16H25ClN2O2/c1-5-16(6-2,10-18)19-15(20)12(4)21-13-7-8-14(17)11(3)9-13/h7-9,12H,5-6,10,18H2,1-4H3,(H,19,20). The first-order valence-corrected chi connectivity index (χ1v) is 7.70. The van der Waals surface area contributed by atoms with Crippen molar-refractivity contribution in [3.05, 3.63) is 28.8 Å². The summed E-state index contributed by atoms with van der Waals surface area (Å²) in [5, 5.41) is 3.69. The molecule has 5 heteroatoms. The number of ether oxygens (including phenoxy) is 1. The Morgan fingerprint density at radius 1 is 1.43 bits per heavy atom. The zero-order valence-electron chi connectivity index (χ0n) is 13.2. The Morgan fingerprint density at radius 3 is 2.52 bits per heavy atom. The fourth-order valence-electron chi connectivity index (χ4n) is 2.08. The molecule has 0 saturated heterocycles. The first-order chi connectivity index (χ1) is 9.87. The number of nitrogens with one attached hydrogen (secondary N) is 1. The Kier molecular flexibility index (Phi) is 6.49. The number of benzene rings is 1. The number of hydrogen-bond donors (Lipinski definition) is 2. The molecule has 1 unspecified atom stereocenters. The van der Waals surface area contributed by atoms with Gasteiger partial charge in [-0.3, -0.25) is 4.79 Å². The molecule has 1 aromatic carbocycles. The molecular formula is C16H25ClN2O2. The van der Waals surface area contributed by atoms with E-state index >= 15 is 0 Å². The summed E-state index contributed by atoms with van der Waals surface area (Å²) in [7, 11) is 0. The van der Waals surface area contributed by atoms with Crippen LogP contribution in [0.4, 0.5) is 0 Å². The maximum Gasteiger partial charge on any atom is 0.261 e. The van der Waals surface area contributed by atoms with E-state index in [1.165, 1.54) is 0 Å². The number of carbonyl (C=O) groups excluding carboxylic acids is 1. The highest BCUT2D eigenvalue weighted by atomic mass is 35.5. The SMILES string of the molecule is CCC(CC)(CN)NC(=O)C(C)Oc1ccc(Cl)c(C)c1. The van der Waals surface area contributed by atoms with Crippen molar-refractivity contribution in [2.24, 2.45) is 5.73 Å². The summed E-state index contributed by atoms with van der Waals surface area (Å²) < 4.78 is 5.68. The van der Waals surface area contributed by atoms with Crippen molar-refractivity contribution in [1.29, 1.82) is 0 Å². The van der Waals surface area contributed by atoms with Gasteiger partial charge in [0, 0.05) is 11.6 Å². The third kappa shape index (κ3) is 4.61. The van der Waals surface area contributed by atoms with Gasteiger partial charge in [0.2, 0.25) is 0 Å². The largest absolute Gasteiger partial charge is 0.481 e. The molecule has 0 aliphatic carbocycles. The highest BCUT2D eigenvalue weighted by molar-refractivity contribution is 6.31. The first kappa shape index (κ1) is 17.8. The van der Waals surface area contributed by atoms with Crippen LogP contribution in [-0.2, 0) is 4.79 Å². The lowest BCUT2D eigenvalue weighted by molar-refractivity contribution is -0.129. The molecule has 0 radical (unpaired) electrons. The van der Waals surface area contributed by atoms with E-state index in [2.05, 4.69) is 5.32 Å². The Bertz CT molecular complexity index is 479. The van der Waals surface area contributed by atoms with Crippen LogP contribution in [-0.4, -0.2) is 24.1 Å². The summed E-state index contributed by atoms with van der Waals surface area (Å²) in [5.74, 6) is 0.475. The summed E-state index contributed by atoms with van der Waals surface area (Å²) in [6.07, 6.45) is 0.992. The smallest absolute Gasteiger partial charge is 0.261 e. The van der Waals surface area contributed by atoms with Crippen LogP contribution < -0.4 is 15.8 Å². The maximum absolute atomic E-state index is 12.3. The van der Waals surface area contributed by atoms with Crippen molar-refractivity contribution in [2.75, 3.05) is 6.54 Å². The molecule has 1 atom stereocenters. The lowest BCUT2D eigenvalue weighted by Gasteiger charge is -2.32. The number of carbonyl (C=O) groups is 1. The van der Waals surface area contributed by atoms with Gasteiger partial charge in [-0.1, -0.05) is 25.4 Å². The predicted octanol–water partition coefficient (Wildman–Crippen LogP) is 3.05. The van der Waals surface area contributed by atoms with E-state index in [0.29, 0.717) is 17.3 Å². The van der Waals surface area contributed by atoms with Crippen LogP contribution in [0.5, 0.6) is 5.75 Å². The van der Waals surface area contributed by atoms with Crippen LogP contribution in [0.2, 0.25) is 5.02 Å². The maximum atomic E-state index is 12.3. The van der Waals surface area contributed by atoms with E-state index in [-0.39, 0.29) is 11.4 Å². The summed E-state index contributed by atoms with van der Waals surface area (Å²) >= 11 is 5.97. The Balaban J connectivity index is 2.72. The summed E-state index contributed by atoms with van der Waals surface area (Å²) in [4.78, 5) is 12.3. The molecule has 0 saturated carbocycles. The van der Waals surface area contributed by atoms with Gasteiger partial charge in [0.05, 0.1) is 5.54 Å². The highest BCUT2D eigenvalue weighted by Crippen LogP contribution is 2.22. The molecule has 1 aromatic rings. The summed E-state index contributed by atoms with van der Waals surface area (Å²) in [6.45, 7) is 8.08. The van der Waals surface area contributed by atoms with Crippen LogP contribution >= 0.6 is 11.6 Å². The first-order valence-electron chi connectivity index (χ1n) is 7.32. The van der Waals surface area contributed by atoms with Crippen molar-refractivity contribution in [1.82, 2.24) is 5.32 Å². The minimum absolute atomic E-state index is 0.156. The van der Waals surface area contributed by atoms with Gasteiger partial charge in [0.15, 0.2) is 6.10 Å². The third-order valence-corrected chi connectivity index (χ3v) is 4.37. The molecule has 4 nitrogen and oxygen atoms in total. The summed E-state index contributed by atoms with van der Waals surface area (Å²) in [6, 6.07) is 5.34. The lowest BCUT2D eigenvalue weighted by atomic mass is 9.92. The molecule has 1 amide bonds. The van der Waals surface area contributed by atoms with Crippen LogP contribution in [0.25, 0.3) is 0 Å². The van der Waals surface area contributed by atoms with Gasteiger partial charge < -0.3 is 15.8 Å². The lowest BCUT2D eigenvalue weighted by Crippen LogP contribution is -2.55. The molecule has 0 aliphatic rings. The second-order valence-corrected chi connectivity index (χ2v) is 5.76. The summed E-state index contributed by atoms with van der Waals surface area (Å²) in [5.41, 5.74) is 6.36. The molecule has 21 heavy (non-hydrogen) atoms. The number of halogens is 1. The van der Waals surface area contributed by atoms with E-state index in [1.807, 2.05) is 26.8 Å². The van der Waals surface area contributed by atoms with E-state index < -0.39 is 6.10 Å². The second kappa shape index (κ2) is 7.66. The molecule has 1 rings (SSSR count). The average Bonchev–Trinajstić information content (AvgIpc) is 2.48. The van der Waals surface area contributed by atoms with Gasteiger partial charge in [-0.15, -0.1) is 0 Å². The normalized spacial score (nSPS) is 12.9. The quantitative estimate of drug-likeness (QED) is 0.813. The average molecular weight is 313 g/mol. The molecule has 0 bridgehead atoms. The molecule has 0 fully saturated rings. The monoisotopic (exact) mass is 312 g/mol. The van der Waals surface area contributed by atoms with E-state index in [9.17, 15) is 4.79 Å². The zero-order chi connectivity index (χ0) is 16.0. The van der Waals surface area contributed by atoms with Crippen LogP contribution in [0.3, 0.4) is 0 Å². The van der Waals surface area contributed by atoms with Crippen molar-refractivity contribution in [3.8, 4) is 5.75 Å². The van der Waals surface area contributed by atoms with Gasteiger partial charge in [-0.25, -0.2) is 0 Å². The molecule has 0 aliphatic heterocycles. The number of hydrogen-bond acceptors (Lipinski definition) is 3. The third-order valence-electron chi connectivity index (χ3n) is 3.94. The molecule has 3 N–H and O–H groups in total. The van der Waals surface area contributed by atoms with E-state index in [4.69, 9.17) is 22.1 Å². The number of rotatable bonds is 7. The van der Waals surface area contributed by atoms with E-state index in [0.717, 1.165) is 18.4 Å². The number of nitrogens with two attached hydrogens (primary N) is 1. The predicted molar refractivity (Wildman–Crippen MR) is 86.8 cm³/mol. The van der Waals surface area contributed by atoms with Crippen LogP contribution in [0.15, 0.2) is 18.2 Å². The van der Waals surface area contributed by atoms with Gasteiger partial charge in [-0.2, -0.15) is 0 Å². The van der Waals surface area contributed by atoms with E-state index in [1.54, 1.807) is 19.1 Å². The molecule has 118 valence electrons. The van der Waals surface area contributed by atoms with Crippen LogP contribution in [0, 0.1) is 6.92 Å². The minimum Gasteiger partial charge on any atom is -0.481 e. The van der Waals surface area contributed by atoms with Crippen molar-refractivity contribution >= 4 is 17.5 Å². The van der Waals surface area contributed by atoms with Gasteiger partial charge in [-0.05, 0) is 50.5 Å². The topological polar surface area (TPSA) is 64.3 Å². The molecule has 0 spiro atoms. The van der Waals surface area contributed by atoms with Crippen LogP contribution in [0.1, 0.15) is 39.2 Å². The van der Waals surface area contributed by atoms with Gasteiger partial charge in [0.1, 0.15) is 5.75 Å². The zero-order valence-corrected chi connectivity index (χ0v) is 14.0. The Hall–Kier alpha value is -1.26. The van der Waals surface area contributed by atoms with Crippen molar-refractivity contribution < 1.29 is 9.53 Å². The highest BCUT2D eigenvalue weighted by Gasteiger charge is 2.29. The van der Waals surface area contributed by atoms with Gasteiger partial charge >= 0.3 is 0 Å². The fraction of sp³-hybridized carbons (Fsp3) is 0.562. The number of amides is 1. The fourth-order valence-corrected chi connectivity index (χ4v) is 2.20. The second-order valence-electron chi connectivity index (χ2n) is 5.35. The molecule has 0 heterocycles. The minimum atomic E-state index is -0.588. The molecule has 0 aromatic heterocycles. The van der Waals surface area contributed by atoms with Crippen molar-refractivity contribution in [3.63, 3.8) is 0 Å². The Labute approximate surface area is 132 Å². The number of aryl methyl sites for hydroxylation is 1.